The van der Waals surface area contributed by atoms with Crippen molar-refractivity contribution in [3.63, 3.8) is 0 Å². The van der Waals surface area contributed by atoms with Gasteiger partial charge in [0.25, 0.3) is 0 Å². The molecule has 0 amide bonds. The number of hydrogen-bond donors (Lipinski definition) is 5. The van der Waals surface area contributed by atoms with Gasteiger partial charge in [0.2, 0.25) is 0 Å². The molecule has 0 spiro atoms. The average Bonchev–Trinajstić information content (AvgIpc) is 2.80. The lowest BCUT2D eigenvalue weighted by atomic mass is 9.34. The number of aliphatic hydroxyl groups is 5. The molecular weight excluding hydrogens is 440 g/mol. The second kappa shape index (κ2) is 7.66. The van der Waals surface area contributed by atoms with Crippen LogP contribution in [0, 0.1) is 44.3 Å². The molecule has 0 radical (unpaired) electrons. The summed E-state index contributed by atoms with van der Waals surface area (Å²) in [4.78, 5) is 0. The van der Waals surface area contributed by atoms with Crippen LogP contribution in [0.25, 0.3) is 0 Å². The number of aliphatic hydroxyl groups excluding tert-OH is 5. The zero-order valence-electron chi connectivity index (χ0n) is 22.6. The quantitative estimate of drug-likeness (QED) is 0.405. The highest BCUT2D eigenvalue weighted by Gasteiger charge is 2.72. The van der Waals surface area contributed by atoms with E-state index in [9.17, 15) is 25.5 Å². The fourth-order valence-corrected chi connectivity index (χ4v) is 10.1. The molecule has 5 rings (SSSR count). The van der Waals surface area contributed by atoms with Crippen molar-refractivity contribution in [2.24, 2.45) is 44.3 Å². The smallest absolute Gasteiger partial charge is 0.0670 e. The van der Waals surface area contributed by atoms with Crippen molar-refractivity contribution in [1.82, 2.24) is 0 Å². The summed E-state index contributed by atoms with van der Waals surface area (Å²) in [5.41, 5.74) is -0.380. The van der Waals surface area contributed by atoms with Crippen LogP contribution in [0.1, 0.15) is 86.5 Å². The summed E-state index contributed by atoms with van der Waals surface area (Å²) in [5.74, 6) is 0.248. The zero-order valence-corrected chi connectivity index (χ0v) is 22.6. The molecule has 0 aliphatic heterocycles. The van der Waals surface area contributed by atoms with Gasteiger partial charge in [0.15, 0.2) is 0 Å². The van der Waals surface area contributed by atoms with Crippen LogP contribution in [0.3, 0.4) is 0 Å². The molecule has 10 atom stereocenters. The Kier molecular flexibility index (Phi) is 5.67. The molecule has 4 saturated carbocycles. The predicted molar refractivity (Wildman–Crippen MR) is 136 cm³/mol. The van der Waals surface area contributed by atoms with Crippen molar-refractivity contribution in [2.75, 3.05) is 13.2 Å². The summed E-state index contributed by atoms with van der Waals surface area (Å²) in [6.07, 6.45) is 7.88. The predicted octanol–water partition coefficient (Wildman–Crippen LogP) is 3.98. The first-order valence-corrected chi connectivity index (χ1v) is 13.9. The van der Waals surface area contributed by atoms with E-state index in [1.807, 2.05) is 0 Å². The van der Waals surface area contributed by atoms with Crippen LogP contribution in [0.15, 0.2) is 23.3 Å². The monoisotopic (exact) mass is 488 g/mol. The first-order chi connectivity index (χ1) is 16.2. The highest BCUT2D eigenvalue weighted by molar-refractivity contribution is 5.48. The third-order valence-corrected chi connectivity index (χ3v) is 12.7. The van der Waals surface area contributed by atoms with Crippen LogP contribution < -0.4 is 0 Å². The van der Waals surface area contributed by atoms with E-state index in [1.54, 1.807) is 0 Å². The molecular formula is C30H48O5. The molecule has 5 nitrogen and oxygen atoms in total. The number of rotatable bonds is 2. The molecule has 0 aromatic heterocycles. The lowest BCUT2D eigenvalue weighted by Crippen LogP contribution is -2.70. The summed E-state index contributed by atoms with van der Waals surface area (Å²) in [6, 6.07) is 0. The Hall–Kier alpha value is -0.720. The first kappa shape index (κ1) is 25.9. The third kappa shape index (κ3) is 2.99. The minimum atomic E-state index is -0.956. The van der Waals surface area contributed by atoms with Gasteiger partial charge in [-0.05, 0) is 78.4 Å². The van der Waals surface area contributed by atoms with Gasteiger partial charge >= 0.3 is 0 Å². The molecule has 35 heavy (non-hydrogen) atoms. The van der Waals surface area contributed by atoms with Crippen LogP contribution in [0.4, 0.5) is 0 Å². The largest absolute Gasteiger partial charge is 0.396 e. The molecule has 0 heterocycles. The molecule has 0 saturated heterocycles. The molecule has 0 bridgehead atoms. The van der Waals surface area contributed by atoms with E-state index in [4.69, 9.17) is 0 Å². The fraction of sp³-hybridized carbons (Fsp3) is 0.867. The van der Waals surface area contributed by atoms with Gasteiger partial charge in [-0.15, -0.1) is 0 Å². The maximum Gasteiger partial charge on any atom is 0.0670 e. The fourth-order valence-electron chi connectivity index (χ4n) is 10.1. The number of fused-ring (bicyclic) bond motifs is 7. The van der Waals surface area contributed by atoms with Gasteiger partial charge in [-0.3, -0.25) is 0 Å². The van der Waals surface area contributed by atoms with Gasteiger partial charge in [-0.2, -0.15) is 0 Å². The minimum Gasteiger partial charge on any atom is -0.396 e. The van der Waals surface area contributed by atoms with E-state index in [-0.39, 0.29) is 46.7 Å². The summed E-state index contributed by atoms with van der Waals surface area (Å²) in [5, 5.41) is 56.3. The first-order valence-electron chi connectivity index (χ1n) is 13.9. The molecule has 4 fully saturated rings. The molecule has 5 aliphatic carbocycles. The van der Waals surface area contributed by atoms with Crippen molar-refractivity contribution >= 4 is 0 Å². The van der Waals surface area contributed by atoms with E-state index in [2.05, 4.69) is 53.7 Å². The van der Waals surface area contributed by atoms with E-state index >= 15 is 0 Å². The van der Waals surface area contributed by atoms with Gasteiger partial charge in [-0.25, -0.2) is 0 Å². The number of allylic oxidation sites excluding steroid dienone is 2. The van der Waals surface area contributed by atoms with Crippen LogP contribution in [-0.2, 0) is 0 Å². The molecule has 5 aliphatic rings. The molecule has 0 aromatic rings. The van der Waals surface area contributed by atoms with Gasteiger partial charge in [-0.1, -0.05) is 64.8 Å². The molecule has 5 heteroatoms. The summed E-state index contributed by atoms with van der Waals surface area (Å²) in [7, 11) is 0. The second-order valence-corrected chi connectivity index (χ2v) is 14.7. The lowest BCUT2D eigenvalue weighted by molar-refractivity contribution is -0.206. The van der Waals surface area contributed by atoms with Crippen molar-refractivity contribution in [2.45, 2.75) is 105 Å². The second-order valence-electron chi connectivity index (χ2n) is 14.7. The van der Waals surface area contributed by atoms with E-state index in [1.165, 1.54) is 0 Å². The Morgan fingerprint density at radius 2 is 1.49 bits per heavy atom. The summed E-state index contributed by atoms with van der Waals surface area (Å²) >= 11 is 0. The normalized spacial score (nSPS) is 55.0. The van der Waals surface area contributed by atoms with E-state index in [0.717, 1.165) is 36.8 Å². The Balaban J connectivity index is 1.72. The minimum absolute atomic E-state index is 0.0939. The van der Waals surface area contributed by atoms with Crippen LogP contribution in [0.2, 0.25) is 0 Å². The van der Waals surface area contributed by atoms with Gasteiger partial charge in [0.1, 0.15) is 0 Å². The Morgan fingerprint density at radius 3 is 2.11 bits per heavy atom. The lowest BCUT2D eigenvalue weighted by Gasteiger charge is -2.70. The van der Waals surface area contributed by atoms with Gasteiger partial charge in [0, 0.05) is 12.0 Å². The Labute approximate surface area is 211 Å². The highest BCUT2D eigenvalue weighted by Crippen LogP contribution is 2.74. The standard InChI is InChI=1S/C30H48O5/c1-25(2)21-13-23(34)29(6)20(28(21,5)10-9-22(25)33)8-7-18-19-14-26(3,16-31)11-12-27(19,4)15-24(35)30(18,29)17-32/h7-8,19,21-24,31-35H,9-17H2,1-6H3/t19-,21-,22-,23-,24-,26-,27+,28+,29-,30-/m0/s1. The van der Waals surface area contributed by atoms with Gasteiger partial charge < -0.3 is 25.5 Å². The summed E-state index contributed by atoms with van der Waals surface area (Å²) in [6.45, 7) is 13.0. The van der Waals surface area contributed by atoms with Gasteiger partial charge in [0.05, 0.1) is 30.3 Å². The molecule has 0 unspecified atom stereocenters. The average molecular weight is 489 g/mol. The summed E-state index contributed by atoms with van der Waals surface area (Å²) < 4.78 is 0. The Morgan fingerprint density at radius 1 is 0.800 bits per heavy atom. The van der Waals surface area contributed by atoms with Crippen LogP contribution in [0.5, 0.6) is 0 Å². The molecule has 0 aromatic carbocycles. The van der Waals surface area contributed by atoms with E-state index in [0.29, 0.717) is 19.3 Å². The Bertz CT molecular complexity index is 954. The van der Waals surface area contributed by atoms with Crippen LogP contribution in [-0.4, -0.2) is 57.1 Å². The number of hydrogen-bond acceptors (Lipinski definition) is 5. The third-order valence-electron chi connectivity index (χ3n) is 12.7. The van der Waals surface area contributed by atoms with Crippen molar-refractivity contribution in [3.05, 3.63) is 23.3 Å². The SMILES string of the molecule is CC1(C)[C@@H](O)CC[C@]2(C)C3=CC=C4[C@@H]5C[C@@](C)(CO)CC[C@]5(C)C[C@H](O)[C@@]4(CO)[C@]3(C)[C@@H](O)C[C@@H]12. The topological polar surface area (TPSA) is 101 Å². The zero-order chi connectivity index (χ0) is 25.8. The molecule has 5 N–H and O–H groups in total. The molecule has 198 valence electrons. The van der Waals surface area contributed by atoms with Crippen molar-refractivity contribution < 1.29 is 25.5 Å². The highest BCUT2D eigenvalue weighted by atomic mass is 16.3. The van der Waals surface area contributed by atoms with Crippen molar-refractivity contribution in [3.8, 4) is 0 Å². The maximum absolute atomic E-state index is 12.0. The van der Waals surface area contributed by atoms with E-state index < -0.39 is 29.1 Å². The van der Waals surface area contributed by atoms with Crippen LogP contribution >= 0.6 is 0 Å². The van der Waals surface area contributed by atoms with Crippen molar-refractivity contribution in [1.29, 1.82) is 0 Å². The maximum atomic E-state index is 12.0.